The lowest BCUT2D eigenvalue weighted by Crippen LogP contribution is -2.41. The average Bonchev–Trinajstić information content (AvgIpc) is 3.27. The van der Waals surface area contributed by atoms with E-state index in [1.807, 2.05) is 24.3 Å². The van der Waals surface area contributed by atoms with Gasteiger partial charge in [-0.1, -0.05) is 6.07 Å². The number of aryl methyl sites for hydroxylation is 1. The molecule has 0 spiro atoms. The number of hydrogen-bond donors (Lipinski definition) is 0. The Bertz CT molecular complexity index is 1290. The van der Waals surface area contributed by atoms with Crippen LogP contribution in [0.25, 0.3) is 5.69 Å². The summed E-state index contributed by atoms with van der Waals surface area (Å²) in [7, 11) is 1.60. The highest BCUT2D eigenvalue weighted by atomic mass is 19.1. The maximum Gasteiger partial charge on any atom is 0.293 e. The van der Waals surface area contributed by atoms with Gasteiger partial charge < -0.3 is 14.5 Å². The highest BCUT2D eigenvalue weighted by Crippen LogP contribution is 2.26. The number of nitrogens with zero attached hydrogens (tertiary/aromatic N) is 6. The number of carbonyl (C=O) groups excluding carboxylic acids is 2. The molecule has 0 saturated heterocycles. The van der Waals surface area contributed by atoms with Crippen LogP contribution in [0, 0.1) is 12.7 Å². The molecular weight excluding hydrogens is 487 g/mol. The molecule has 2 heterocycles. The van der Waals surface area contributed by atoms with Crippen molar-refractivity contribution >= 4 is 17.5 Å². The highest BCUT2D eigenvalue weighted by molar-refractivity contribution is 5.93. The van der Waals surface area contributed by atoms with Gasteiger partial charge in [-0.3, -0.25) is 14.5 Å². The molecule has 3 aromatic rings. The van der Waals surface area contributed by atoms with Gasteiger partial charge in [0, 0.05) is 45.7 Å². The second-order valence-corrected chi connectivity index (χ2v) is 9.75. The first kappa shape index (κ1) is 27.3. The summed E-state index contributed by atoms with van der Waals surface area (Å²) in [6.45, 7) is 10.00. The molecule has 1 aromatic heterocycles. The number of amides is 2. The summed E-state index contributed by atoms with van der Waals surface area (Å²) in [5.74, 6) is 0.452. The lowest BCUT2D eigenvalue weighted by molar-refractivity contribution is -0.116. The zero-order valence-corrected chi connectivity index (χ0v) is 22.6. The van der Waals surface area contributed by atoms with Gasteiger partial charge in [-0.2, -0.15) is 0 Å². The molecule has 0 fully saturated rings. The number of hydrogen-bond acceptors (Lipinski definition) is 6. The minimum atomic E-state index is -0.429. The Morgan fingerprint density at radius 1 is 1.03 bits per heavy atom. The Hall–Kier alpha value is -3.79. The zero-order valence-electron chi connectivity index (χ0n) is 22.6. The van der Waals surface area contributed by atoms with E-state index in [0.717, 1.165) is 24.4 Å². The van der Waals surface area contributed by atoms with Crippen molar-refractivity contribution in [3.05, 3.63) is 65.5 Å². The molecule has 202 valence electrons. The van der Waals surface area contributed by atoms with Gasteiger partial charge in [-0.15, -0.1) is 5.10 Å². The maximum atomic E-state index is 14.3. The fraction of sp³-hybridized carbons (Fsp3) is 0.429. The number of carbonyl (C=O) groups is 2. The first-order valence-corrected chi connectivity index (χ1v) is 12.9. The molecule has 2 aromatic carbocycles. The van der Waals surface area contributed by atoms with Crippen molar-refractivity contribution in [2.45, 2.75) is 46.7 Å². The van der Waals surface area contributed by atoms with Crippen molar-refractivity contribution in [1.29, 1.82) is 0 Å². The molecule has 1 aliphatic rings. The van der Waals surface area contributed by atoms with E-state index in [1.165, 1.54) is 19.1 Å². The van der Waals surface area contributed by atoms with Crippen LogP contribution in [0.4, 0.5) is 10.1 Å². The van der Waals surface area contributed by atoms with E-state index in [4.69, 9.17) is 4.74 Å². The summed E-state index contributed by atoms with van der Waals surface area (Å²) in [6.07, 6.45) is 0.731. The van der Waals surface area contributed by atoms with Crippen LogP contribution in [0.15, 0.2) is 42.5 Å². The number of aromatic nitrogens is 3. The first-order valence-electron chi connectivity index (χ1n) is 12.9. The van der Waals surface area contributed by atoms with Gasteiger partial charge in [0.15, 0.2) is 0 Å². The first-order chi connectivity index (χ1) is 18.2. The van der Waals surface area contributed by atoms with Gasteiger partial charge >= 0.3 is 0 Å². The number of ether oxygens (including phenoxy) is 1. The quantitative estimate of drug-likeness (QED) is 0.518. The molecule has 0 aliphatic carbocycles. The van der Waals surface area contributed by atoms with Crippen molar-refractivity contribution < 1.29 is 18.7 Å². The largest absolute Gasteiger partial charge is 0.497 e. The Balaban J connectivity index is 1.70. The van der Waals surface area contributed by atoms with Crippen LogP contribution >= 0.6 is 0 Å². The lowest BCUT2D eigenvalue weighted by atomic mass is 10.1. The third kappa shape index (κ3) is 6.02. The van der Waals surface area contributed by atoms with Gasteiger partial charge in [0.05, 0.1) is 18.5 Å². The second kappa shape index (κ2) is 11.7. The van der Waals surface area contributed by atoms with Gasteiger partial charge in [0.2, 0.25) is 11.7 Å². The summed E-state index contributed by atoms with van der Waals surface area (Å²) in [5, 5.41) is 4.53. The maximum absolute atomic E-state index is 14.3. The third-order valence-electron chi connectivity index (χ3n) is 6.86. The van der Waals surface area contributed by atoms with E-state index in [1.54, 1.807) is 34.6 Å². The Morgan fingerprint density at radius 3 is 2.42 bits per heavy atom. The monoisotopic (exact) mass is 522 g/mol. The van der Waals surface area contributed by atoms with E-state index >= 15 is 0 Å². The van der Waals surface area contributed by atoms with Gasteiger partial charge in [-0.05, 0) is 69.2 Å². The van der Waals surface area contributed by atoms with Crippen LogP contribution in [0.1, 0.15) is 49.2 Å². The Kier molecular flexibility index (Phi) is 8.41. The molecule has 9 nitrogen and oxygen atoms in total. The Morgan fingerprint density at radius 2 is 1.76 bits per heavy atom. The molecule has 2 amide bonds. The number of methoxy groups -OCH3 is 1. The number of halogens is 1. The van der Waals surface area contributed by atoms with Gasteiger partial charge in [0.1, 0.15) is 17.4 Å². The molecule has 1 aliphatic heterocycles. The topological polar surface area (TPSA) is 83.8 Å². The summed E-state index contributed by atoms with van der Waals surface area (Å²) >= 11 is 0. The van der Waals surface area contributed by atoms with Crippen LogP contribution in [0.2, 0.25) is 0 Å². The minimum Gasteiger partial charge on any atom is -0.497 e. The van der Waals surface area contributed by atoms with Crippen LogP contribution in [0.3, 0.4) is 0 Å². The molecule has 0 saturated carbocycles. The molecule has 0 bridgehead atoms. The predicted molar refractivity (Wildman–Crippen MR) is 143 cm³/mol. The summed E-state index contributed by atoms with van der Waals surface area (Å²) in [6, 6.07) is 12.0. The SMILES string of the molecule is COc1ccc(-n2nc(C(=O)N3CCN(C(C)C)CCCN(C(C)=O)c4cc(F)ccc4C3)nc2C)cc1. The minimum absolute atomic E-state index is 0.0800. The number of rotatable bonds is 4. The molecule has 0 unspecified atom stereocenters. The average molecular weight is 523 g/mol. The lowest BCUT2D eigenvalue weighted by Gasteiger charge is -2.29. The van der Waals surface area contributed by atoms with Crippen molar-refractivity contribution in [3.8, 4) is 11.4 Å². The number of fused-ring (bicyclic) bond motifs is 1. The molecule has 38 heavy (non-hydrogen) atoms. The van der Waals surface area contributed by atoms with Crippen molar-refractivity contribution in [2.24, 2.45) is 0 Å². The molecular formula is C28H35FN6O3. The number of anilines is 1. The van der Waals surface area contributed by atoms with Crippen LogP contribution < -0.4 is 9.64 Å². The molecule has 0 radical (unpaired) electrons. The molecule has 10 heteroatoms. The molecule has 4 rings (SSSR count). The molecule has 0 N–H and O–H groups in total. The summed E-state index contributed by atoms with van der Waals surface area (Å²) in [5.41, 5.74) is 1.94. The third-order valence-corrected chi connectivity index (χ3v) is 6.86. The van der Waals surface area contributed by atoms with Crippen molar-refractivity contribution in [3.63, 3.8) is 0 Å². The van der Waals surface area contributed by atoms with Crippen molar-refractivity contribution in [1.82, 2.24) is 24.6 Å². The summed E-state index contributed by atoms with van der Waals surface area (Å²) < 4.78 is 21.2. The van der Waals surface area contributed by atoms with Crippen molar-refractivity contribution in [2.75, 3.05) is 38.2 Å². The second-order valence-electron chi connectivity index (χ2n) is 9.75. The fourth-order valence-electron chi connectivity index (χ4n) is 4.73. The van der Waals surface area contributed by atoms with Crippen LogP contribution in [-0.4, -0.2) is 75.7 Å². The van der Waals surface area contributed by atoms with E-state index < -0.39 is 5.82 Å². The van der Waals surface area contributed by atoms with Gasteiger partial charge in [0.25, 0.3) is 5.91 Å². The highest BCUT2D eigenvalue weighted by Gasteiger charge is 2.26. The Labute approximate surface area is 222 Å². The molecule has 0 atom stereocenters. The standard InChI is InChI=1S/C28H35FN6O3/c1-19(2)32-13-6-14-34(21(4)36)26-17-23(29)8-7-22(26)18-33(16-15-32)28(37)27-30-20(3)35(31-27)24-9-11-25(38-5)12-10-24/h7-12,17,19H,6,13-16,18H2,1-5H3. The van der Waals surface area contributed by atoms with E-state index in [-0.39, 0.29) is 30.2 Å². The zero-order chi connectivity index (χ0) is 27.4. The fourth-order valence-corrected chi connectivity index (χ4v) is 4.73. The van der Waals surface area contributed by atoms with Crippen LogP contribution in [0.5, 0.6) is 5.75 Å². The van der Waals surface area contributed by atoms with E-state index in [9.17, 15) is 14.0 Å². The van der Waals surface area contributed by atoms with Crippen LogP contribution in [-0.2, 0) is 11.3 Å². The summed E-state index contributed by atoms with van der Waals surface area (Å²) in [4.78, 5) is 36.4. The van der Waals surface area contributed by atoms with E-state index in [0.29, 0.717) is 36.7 Å². The smallest absolute Gasteiger partial charge is 0.293 e. The van der Waals surface area contributed by atoms with E-state index in [2.05, 4.69) is 28.8 Å². The normalized spacial score (nSPS) is 15.2. The predicted octanol–water partition coefficient (Wildman–Crippen LogP) is 3.83. The number of benzene rings is 2. The van der Waals surface area contributed by atoms with Gasteiger partial charge in [-0.25, -0.2) is 14.1 Å².